The first kappa shape index (κ1) is 15.6. The van der Waals surface area contributed by atoms with Crippen LogP contribution < -0.4 is 15.8 Å². The average Bonchev–Trinajstić information content (AvgIpc) is 2.95. The van der Waals surface area contributed by atoms with Crippen LogP contribution in [0.2, 0.25) is 5.02 Å². The van der Waals surface area contributed by atoms with Gasteiger partial charge in [0.1, 0.15) is 5.75 Å². The molecule has 1 aliphatic carbocycles. The van der Waals surface area contributed by atoms with Crippen molar-refractivity contribution in [2.24, 2.45) is 5.73 Å². The number of benzene rings is 1. The molecule has 0 spiro atoms. The number of hydrogen-bond donors (Lipinski definition) is 2. The molecule has 0 aliphatic heterocycles. The molecule has 1 aromatic rings. The third-order valence-electron chi connectivity index (χ3n) is 3.51. The summed E-state index contributed by atoms with van der Waals surface area (Å²) >= 11 is 6.14. The number of primary amides is 1. The van der Waals surface area contributed by atoms with Gasteiger partial charge in [0.25, 0.3) is 0 Å². The van der Waals surface area contributed by atoms with Crippen molar-refractivity contribution < 1.29 is 14.3 Å². The molecule has 0 heterocycles. The highest BCUT2D eigenvalue weighted by molar-refractivity contribution is 6.34. The largest absolute Gasteiger partial charge is 0.489 e. The molecule has 114 valence electrons. The first-order valence-electron chi connectivity index (χ1n) is 7.09. The number of amides is 2. The van der Waals surface area contributed by atoms with E-state index in [2.05, 4.69) is 5.32 Å². The third-order valence-corrected chi connectivity index (χ3v) is 3.83. The molecule has 1 aromatic carbocycles. The lowest BCUT2D eigenvalue weighted by Gasteiger charge is -2.15. The molecular weight excluding hydrogens is 292 g/mol. The predicted octanol–water partition coefficient (Wildman–Crippen LogP) is 1.81. The third kappa shape index (κ3) is 4.63. The standard InChI is InChI=1S/C15H19ClN2O3/c16-12-6-5-10(7-8-18-15(20)14(17)19)9-13(12)21-11-3-1-2-4-11/h5-6,9,11H,1-4,7-8H2,(H2,17,19)(H,18,20). The van der Waals surface area contributed by atoms with E-state index < -0.39 is 11.8 Å². The summed E-state index contributed by atoms with van der Waals surface area (Å²) in [5, 5.41) is 3.04. The van der Waals surface area contributed by atoms with Crippen LogP contribution in [0.1, 0.15) is 31.2 Å². The number of carbonyl (C=O) groups excluding carboxylic acids is 2. The molecule has 1 saturated carbocycles. The Kier molecular flexibility index (Phi) is 5.44. The zero-order valence-electron chi connectivity index (χ0n) is 11.7. The van der Waals surface area contributed by atoms with Crippen molar-refractivity contribution in [2.75, 3.05) is 6.54 Å². The molecule has 2 rings (SSSR count). The van der Waals surface area contributed by atoms with Gasteiger partial charge < -0.3 is 15.8 Å². The number of nitrogens with two attached hydrogens (primary N) is 1. The summed E-state index contributed by atoms with van der Waals surface area (Å²) < 4.78 is 5.92. The molecule has 1 fully saturated rings. The number of carbonyl (C=O) groups is 2. The van der Waals surface area contributed by atoms with Crippen molar-refractivity contribution in [1.82, 2.24) is 5.32 Å². The van der Waals surface area contributed by atoms with Gasteiger partial charge in [-0.2, -0.15) is 0 Å². The van der Waals surface area contributed by atoms with E-state index in [0.717, 1.165) is 18.4 Å². The van der Waals surface area contributed by atoms with Crippen molar-refractivity contribution in [2.45, 2.75) is 38.2 Å². The minimum atomic E-state index is -0.976. The van der Waals surface area contributed by atoms with Crippen LogP contribution in [0.25, 0.3) is 0 Å². The molecule has 0 radical (unpaired) electrons. The molecule has 5 nitrogen and oxygen atoms in total. The van der Waals surface area contributed by atoms with Gasteiger partial charge in [-0.1, -0.05) is 17.7 Å². The van der Waals surface area contributed by atoms with E-state index in [1.807, 2.05) is 12.1 Å². The van der Waals surface area contributed by atoms with Gasteiger partial charge in [-0.25, -0.2) is 0 Å². The molecule has 0 unspecified atom stereocenters. The number of ether oxygens (including phenoxy) is 1. The maximum Gasteiger partial charge on any atom is 0.309 e. The van der Waals surface area contributed by atoms with Gasteiger partial charge >= 0.3 is 11.8 Å². The number of rotatable bonds is 5. The fourth-order valence-corrected chi connectivity index (χ4v) is 2.55. The summed E-state index contributed by atoms with van der Waals surface area (Å²) in [4.78, 5) is 21.7. The van der Waals surface area contributed by atoms with E-state index in [4.69, 9.17) is 22.1 Å². The van der Waals surface area contributed by atoms with E-state index in [-0.39, 0.29) is 6.10 Å². The van der Waals surface area contributed by atoms with Crippen LogP contribution >= 0.6 is 11.6 Å². The molecule has 21 heavy (non-hydrogen) atoms. The van der Waals surface area contributed by atoms with Gasteiger partial charge in [0.05, 0.1) is 11.1 Å². The highest BCUT2D eigenvalue weighted by atomic mass is 35.5. The molecule has 0 aromatic heterocycles. The topological polar surface area (TPSA) is 81.4 Å². The summed E-state index contributed by atoms with van der Waals surface area (Å²) in [5.74, 6) is -1.06. The molecule has 0 saturated heterocycles. The molecule has 3 N–H and O–H groups in total. The van der Waals surface area contributed by atoms with Crippen molar-refractivity contribution in [3.63, 3.8) is 0 Å². The van der Waals surface area contributed by atoms with Crippen molar-refractivity contribution in [3.05, 3.63) is 28.8 Å². The summed E-state index contributed by atoms with van der Waals surface area (Å²) in [5.41, 5.74) is 5.85. The summed E-state index contributed by atoms with van der Waals surface area (Å²) in [7, 11) is 0. The van der Waals surface area contributed by atoms with Crippen LogP contribution in [0, 0.1) is 0 Å². The quantitative estimate of drug-likeness (QED) is 0.814. The Labute approximate surface area is 128 Å². The van der Waals surface area contributed by atoms with E-state index >= 15 is 0 Å². The SMILES string of the molecule is NC(=O)C(=O)NCCc1ccc(Cl)c(OC2CCCC2)c1. The monoisotopic (exact) mass is 310 g/mol. The van der Waals surface area contributed by atoms with Gasteiger partial charge in [0, 0.05) is 6.54 Å². The Balaban J connectivity index is 1.91. The van der Waals surface area contributed by atoms with Gasteiger partial charge in [0.2, 0.25) is 0 Å². The Morgan fingerprint density at radius 1 is 1.33 bits per heavy atom. The smallest absolute Gasteiger partial charge is 0.309 e. The second-order valence-electron chi connectivity index (χ2n) is 5.16. The molecule has 6 heteroatoms. The van der Waals surface area contributed by atoms with Crippen LogP contribution in [0.3, 0.4) is 0 Å². The number of halogens is 1. The molecule has 2 amide bonds. The van der Waals surface area contributed by atoms with Crippen LogP contribution in [-0.2, 0) is 16.0 Å². The zero-order chi connectivity index (χ0) is 15.2. The molecule has 0 bridgehead atoms. The Morgan fingerprint density at radius 3 is 2.71 bits per heavy atom. The second kappa shape index (κ2) is 7.31. The van der Waals surface area contributed by atoms with Crippen LogP contribution in [0.4, 0.5) is 0 Å². The summed E-state index contributed by atoms with van der Waals surface area (Å²) in [6, 6.07) is 5.55. The van der Waals surface area contributed by atoms with Gasteiger partial charge in [-0.05, 0) is 49.8 Å². The number of nitrogens with one attached hydrogen (secondary N) is 1. The van der Waals surface area contributed by atoms with Crippen molar-refractivity contribution in [3.8, 4) is 5.75 Å². The van der Waals surface area contributed by atoms with Gasteiger partial charge in [-0.15, -0.1) is 0 Å². The lowest BCUT2D eigenvalue weighted by atomic mass is 10.1. The predicted molar refractivity (Wildman–Crippen MR) is 80.2 cm³/mol. The maximum absolute atomic E-state index is 11.1. The Bertz CT molecular complexity index is 528. The fourth-order valence-electron chi connectivity index (χ4n) is 2.39. The maximum atomic E-state index is 11.1. The van der Waals surface area contributed by atoms with Crippen molar-refractivity contribution in [1.29, 1.82) is 0 Å². The molecule has 1 aliphatic rings. The van der Waals surface area contributed by atoms with E-state index in [1.165, 1.54) is 12.8 Å². The second-order valence-corrected chi connectivity index (χ2v) is 5.57. The number of hydrogen-bond acceptors (Lipinski definition) is 3. The minimum Gasteiger partial charge on any atom is -0.489 e. The Hall–Kier alpha value is -1.75. The zero-order valence-corrected chi connectivity index (χ0v) is 12.5. The average molecular weight is 311 g/mol. The van der Waals surface area contributed by atoms with Crippen LogP contribution in [0.5, 0.6) is 5.75 Å². The molecule has 0 atom stereocenters. The first-order chi connectivity index (χ1) is 10.1. The first-order valence-corrected chi connectivity index (χ1v) is 7.47. The fraction of sp³-hybridized carbons (Fsp3) is 0.467. The van der Waals surface area contributed by atoms with Crippen molar-refractivity contribution >= 4 is 23.4 Å². The van der Waals surface area contributed by atoms with Gasteiger partial charge in [-0.3, -0.25) is 9.59 Å². The van der Waals surface area contributed by atoms with E-state index in [9.17, 15) is 9.59 Å². The Morgan fingerprint density at radius 2 is 2.05 bits per heavy atom. The van der Waals surface area contributed by atoms with Gasteiger partial charge in [0.15, 0.2) is 0 Å². The highest BCUT2D eigenvalue weighted by Gasteiger charge is 2.18. The molecular formula is C15H19ClN2O3. The van der Waals surface area contributed by atoms with Crippen LogP contribution in [-0.4, -0.2) is 24.5 Å². The summed E-state index contributed by atoms with van der Waals surface area (Å²) in [6.07, 6.45) is 5.34. The normalized spacial score (nSPS) is 14.9. The summed E-state index contributed by atoms with van der Waals surface area (Å²) in [6.45, 7) is 0.340. The lowest BCUT2D eigenvalue weighted by molar-refractivity contribution is -0.137. The van der Waals surface area contributed by atoms with E-state index in [1.54, 1.807) is 6.07 Å². The minimum absolute atomic E-state index is 0.243. The van der Waals surface area contributed by atoms with Crippen LogP contribution in [0.15, 0.2) is 18.2 Å². The highest BCUT2D eigenvalue weighted by Crippen LogP contribution is 2.30. The lowest BCUT2D eigenvalue weighted by Crippen LogP contribution is -2.37. The van der Waals surface area contributed by atoms with E-state index in [0.29, 0.717) is 23.7 Å².